The number of carboxylic acid groups (broad SMARTS) is 1. The zero-order valence-electron chi connectivity index (χ0n) is 10.1. The Morgan fingerprint density at radius 2 is 2.18 bits per heavy atom. The molecule has 0 radical (unpaired) electrons. The van der Waals surface area contributed by atoms with Crippen LogP contribution in [0.15, 0.2) is 18.3 Å². The van der Waals surface area contributed by atoms with Crippen molar-refractivity contribution in [2.75, 3.05) is 13.1 Å². The number of rotatable bonds is 2. The molecule has 4 heteroatoms. The van der Waals surface area contributed by atoms with Crippen LogP contribution in [-0.2, 0) is 6.42 Å². The number of piperidine rings is 1. The number of amides is 1. The molecule has 1 N–H and O–H groups in total. The van der Waals surface area contributed by atoms with Gasteiger partial charge in [0.1, 0.15) is 0 Å². The topological polar surface area (TPSA) is 53.4 Å². The van der Waals surface area contributed by atoms with Gasteiger partial charge in [0, 0.05) is 25.0 Å². The molecule has 0 aliphatic carbocycles. The summed E-state index contributed by atoms with van der Waals surface area (Å²) in [5.74, 6) is 0.570. The molecule has 1 fully saturated rings. The van der Waals surface area contributed by atoms with Gasteiger partial charge in [-0.1, -0.05) is 6.07 Å². The van der Waals surface area contributed by atoms with Crippen molar-refractivity contribution < 1.29 is 9.90 Å². The van der Waals surface area contributed by atoms with Crippen LogP contribution in [0.1, 0.15) is 24.1 Å². The fourth-order valence-corrected chi connectivity index (χ4v) is 2.24. The molecule has 2 rings (SSSR count). The molecule has 1 saturated heterocycles. The number of hydrogen-bond donors (Lipinski definition) is 1. The van der Waals surface area contributed by atoms with Crippen molar-refractivity contribution >= 4 is 6.09 Å². The van der Waals surface area contributed by atoms with Gasteiger partial charge >= 0.3 is 6.09 Å². The summed E-state index contributed by atoms with van der Waals surface area (Å²) in [4.78, 5) is 16.7. The molecule has 1 aliphatic rings. The first-order chi connectivity index (χ1) is 8.15. The third kappa shape index (κ3) is 3.19. The van der Waals surface area contributed by atoms with Gasteiger partial charge in [0.2, 0.25) is 0 Å². The Bertz CT molecular complexity index is 381. The van der Waals surface area contributed by atoms with Crippen LogP contribution >= 0.6 is 0 Å². The van der Waals surface area contributed by atoms with Crippen LogP contribution in [-0.4, -0.2) is 34.2 Å². The fraction of sp³-hybridized carbons (Fsp3) is 0.538. The molecule has 17 heavy (non-hydrogen) atoms. The molecule has 0 atom stereocenters. The molecule has 1 aromatic rings. The monoisotopic (exact) mass is 234 g/mol. The molecule has 1 amide bonds. The Hall–Kier alpha value is -1.58. The van der Waals surface area contributed by atoms with E-state index in [-0.39, 0.29) is 0 Å². The van der Waals surface area contributed by atoms with Crippen molar-refractivity contribution in [3.8, 4) is 0 Å². The van der Waals surface area contributed by atoms with Crippen LogP contribution in [0.3, 0.4) is 0 Å². The number of hydrogen-bond acceptors (Lipinski definition) is 2. The Kier molecular flexibility index (Phi) is 3.61. The summed E-state index contributed by atoms with van der Waals surface area (Å²) in [5.41, 5.74) is 2.29. The highest BCUT2D eigenvalue weighted by Gasteiger charge is 2.22. The summed E-state index contributed by atoms with van der Waals surface area (Å²) in [5, 5.41) is 8.86. The van der Waals surface area contributed by atoms with Gasteiger partial charge < -0.3 is 10.0 Å². The van der Waals surface area contributed by atoms with Crippen LogP contribution in [0.2, 0.25) is 0 Å². The van der Waals surface area contributed by atoms with Gasteiger partial charge in [0.15, 0.2) is 0 Å². The smallest absolute Gasteiger partial charge is 0.407 e. The Labute approximate surface area is 101 Å². The normalized spacial score (nSPS) is 17.1. The van der Waals surface area contributed by atoms with Gasteiger partial charge in [-0.15, -0.1) is 0 Å². The minimum atomic E-state index is -0.795. The maximum absolute atomic E-state index is 10.8. The van der Waals surface area contributed by atoms with Gasteiger partial charge in [0.05, 0.1) is 0 Å². The highest BCUT2D eigenvalue weighted by molar-refractivity contribution is 5.64. The fourth-order valence-electron chi connectivity index (χ4n) is 2.24. The van der Waals surface area contributed by atoms with Gasteiger partial charge in [-0.3, -0.25) is 4.98 Å². The van der Waals surface area contributed by atoms with E-state index in [0.29, 0.717) is 19.0 Å². The Morgan fingerprint density at radius 1 is 1.47 bits per heavy atom. The maximum atomic E-state index is 10.8. The SMILES string of the molecule is Cc1ccc(CC2CCN(C(=O)O)CC2)nc1. The van der Waals surface area contributed by atoms with E-state index >= 15 is 0 Å². The van der Waals surface area contributed by atoms with Gasteiger partial charge in [-0.25, -0.2) is 4.79 Å². The molecule has 0 aromatic carbocycles. The third-order valence-electron chi connectivity index (χ3n) is 3.36. The number of likely N-dealkylation sites (tertiary alicyclic amines) is 1. The number of aryl methyl sites for hydroxylation is 1. The molecular formula is C13H18N2O2. The van der Waals surface area contributed by atoms with Gasteiger partial charge in [0.25, 0.3) is 0 Å². The lowest BCUT2D eigenvalue weighted by molar-refractivity contribution is 0.124. The Balaban J connectivity index is 1.85. The van der Waals surface area contributed by atoms with Crippen LogP contribution in [0, 0.1) is 12.8 Å². The lowest BCUT2D eigenvalue weighted by Crippen LogP contribution is -2.37. The molecule has 0 bridgehead atoms. The molecular weight excluding hydrogens is 216 g/mol. The summed E-state index contributed by atoms with van der Waals surface area (Å²) in [7, 11) is 0. The van der Waals surface area contributed by atoms with Crippen molar-refractivity contribution in [3.05, 3.63) is 29.6 Å². The molecule has 4 nitrogen and oxygen atoms in total. The van der Waals surface area contributed by atoms with E-state index in [9.17, 15) is 4.79 Å². The quantitative estimate of drug-likeness (QED) is 0.854. The molecule has 0 spiro atoms. The predicted molar refractivity (Wildman–Crippen MR) is 65.0 cm³/mol. The standard InChI is InChI=1S/C13H18N2O2/c1-10-2-3-12(14-9-10)8-11-4-6-15(7-5-11)13(16)17/h2-3,9,11H,4-8H2,1H3,(H,16,17). The molecule has 0 saturated carbocycles. The molecule has 1 aromatic heterocycles. The van der Waals surface area contributed by atoms with Crippen LogP contribution < -0.4 is 0 Å². The van der Waals surface area contributed by atoms with E-state index in [1.54, 1.807) is 0 Å². The van der Waals surface area contributed by atoms with Crippen molar-refractivity contribution in [2.45, 2.75) is 26.2 Å². The highest BCUT2D eigenvalue weighted by Crippen LogP contribution is 2.20. The van der Waals surface area contributed by atoms with E-state index in [1.165, 1.54) is 10.5 Å². The summed E-state index contributed by atoms with van der Waals surface area (Å²) in [6.07, 6.45) is 3.95. The summed E-state index contributed by atoms with van der Waals surface area (Å²) >= 11 is 0. The first-order valence-corrected chi connectivity index (χ1v) is 6.04. The van der Waals surface area contributed by atoms with Gasteiger partial charge in [-0.05, 0) is 43.7 Å². The largest absolute Gasteiger partial charge is 0.465 e. The maximum Gasteiger partial charge on any atom is 0.407 e. The third-order valence-corrected chi connectivity index (χ3v) is 3.36. The van der Waals surface area contributed by atoms with Crippen molar-refractivity contribution in [1.29, 1.82) is 0 Å². The average molecular weight is 234 g/mol. The van der Waals surface area contributed by atoms with Crippen molar-refractivity contribution in [3.63, 3.8) is 0 Å². The van der Waals surface area contributed by atoms with E-state index in [1.807, 2.05) is 13.1 Å². The van der Waals surface area contributed by atoms with Crippen LogP contribution in [0.4, 0.5) is 4.79 Å². The summed E-state index contributed by atoms with van der Waals surface area (Å²) in [6.45, 7) is 3.35. The number of pyridine rings is 1. The molecule has 0 unspecified atom stereocenters. The van der Waals surface area contributed by atoms with Crippen molar-refractivity contribution in [2.24, 2.45) is 5.92 Å². The second-order valence-electron chi connectivity index (χ2n) is 4.74. The molecule has 2 heterocycles. The predicted octanol–water partition coefficient (Wildman–Crippen LogP) is 2.32. The first-order valence-electron chi connectivity index (χ1n) is 6.04. The van der Waals surface area contributed by atoms with Crippen LogP contribution in [0.5, 0.6) is 0 Å². The first kappa shape index (κ1) is 11.9. The van der Waals surface area contributed by atoms with E-state index in [0.717, 1.165) is 25.0 Å². The minimum Gasteiger partial charge on any atom is -0.465 e. The zero-order valence-corrected chi connectivity index (χ0v) is 10.1. The minimum absolute atomic E-state index is 0.570. The molecule has 1 aliphatic heterocycles. The summed E-state index contributed by atoms with van der Waals surface area (Å²) in [6, 6.07) is 4.15. The lowest BCUT2D eigenvalue weighted by atomic mass is 9.92. The van der Waals surface area contributed by atoms with E-state index in [2.05, 4.69) is 17.1 Å². The number of nitrogens with zero attached hydrogens (tertiary/aromatic N) is 2. The Morgan fingerprint density at radius 3 is 2.71 bits per heavy atom. The highest BCUT2D eigenvalue weighted by atomic mass is 16.4. The zero-order chi connectivity index (χ0) is 12.3. The van der Waals surface area contributed by atoms with E-state index in [4.69, 9.17) is 5.11 Å². The number of aromatic nitrogens is 1. The van der Waals surface area contributed by atoms with Crippen LogP contribution in [0.25, 0.3) is 0 Å². The van der Waals surface area contributed by atoms with Gasteiger partial charge in [-0.2, -0.15) is 0 Å². The second-order valence-corrected chi connectivity index (χ2v) is 4.74. The van der Waals surface area contributed by atoms with E-state index < -0.39 is 6.09 Å². The molecule has 92 valence electrons. The average Bonchev–Trinajstić information content (AvgIpc) is 2.33. The second kappa shape index (κ2) is 5.17. The number of carbonyl (C=O) groups is 1. The van der Waals surface area contributed by atoms with Crippen molar-refractivity contribution in [1.82, 2.24) is 9.88 Å². The lowest BCUT2D eigenvalue weighted by Gasteiger charge is -2.29. The summed E-state index contributed by atoms with van der Waals surface area (Å²) < 4.78 is 0.